The number of aliphatic hydroxyl groups is 1. The lowest BCUT2D eigenvalue weighted by Gasteiger charge is -2.36. The van der Waals surface area contributed by atoms with Crippen LogP contribution >= 0.6 is 0 Å². The van der Waals surface area contributed by atoms with E-state index in [1.807, 2.05) is 5.43 Å². The van der Waals surface area contributed by atoms with E-state index in [-0.39, 0.29) is 0 Å². The number of halogens is 3. The van der Waals surface area contributed by atoms with Crippen molar-refractivity contribution in [2.24, 2.45) is 5.92 Å². The van der Waals surface area contributed by atoms with Crippen LogP contribution in [0.4, 0.5) is 22.8 Å². The molecule has 0 radical (unpaired) electrons. The predicted molar refractivity (Wildman–Crippen MR) is 83.5 cm³/mol. The molecule has 2 atom stereocenters. The normalized spacial score (nSPS) is 15.2. The quantitative estimate of drug-likeness (QED) is 0.743. The van der Waals surface area contributed by atoms with Gasteiger partial charge in [0, 0.05) is 0 Å². The Kier molecular flexibility index (Phi) is 7.56. The first-order valence-electron chi connectivity index (χ1n) is 7.67. The molecule has 10 heteroatoms. The summed E-state index contributed by atoms with van der Waals surface area (Å²) in [6.07, 6.45) is -7.09. The first-order chi connectivity index (χ1) is 11.0. The van der Waals surface area contributed by atoms with Crippen molar-refractivity contribution in [3.63, 3.8) is 0 Å². The monoisotopic (exact) mass is 372 g/mol. The SMILES string of the molecule is C[C@@H]([C@@H](CO)N(NC(=O)OC(C)(C)C)C(=O)OC(C)(C)C)C(F)(F)F. The third-order valence-electron chi connectivity index (χ3n) is 2.81. The molecular weight excluding hydrogens is 345 g/mol. The van der Waals surface area contributed by atoms with Gasteiger partial charge in [-0.3, -0.25) is 0 Å². The number of rotatable bonds is 3. The number of nitrogens with zero attached hydrogens (tertiary/aromatic N) is 1. The molecule has 0 aliphatic carbocycles. The fourth-order valence-electron chi connectivity index (χ4n) is 1.66. The van der Waals surface area contributed by atoms with E-state index in [4.69, 9.17) is 9.47 Å². The van der Waals surface area contributed by atoms with Crippen molar-refractivity contribution in [1.82, 2.24) is 10.4 Å². The van der Waals surface area contributed by atoms with Crippen LogP contribution in [0.15, 0.2) is 0 Å². The first-order valence-corrected chi connectivity index (χ1v) is 7.67. The van der Waals surface area contributed by atoms with Gasteiger partial charge >= 0.3 is 18.4 Å². The summed E-state index contributed by atoms with van der Waals surface area (Å²) in [4.78, 5) is 24.1. The van der Waals surface area contributed by atoms with Gasteiger partial charge in [-0.25, -0.2) is 20.0 Å². The zero-order valence-electron chi connectivity index (χ0n) is 15.5. The highest BCUT2D eigenvalue weighted by molar-refractivity contribution is 5.74. The maximum absolute atomic E-state index is 13.0. The van der Waals surface area contributed by atoms with E-state index in [0.29, 0.717) is 5.01 Å². The van der Waals surface area contributed by atoms with Crippen LogP contribution in [0.1, 0.15) is 48.5 Å². The predicted octanol–water partition coefficient (Wildman–Crippen LogP) is 3.22. The topological polar surface area (TPSA) is 88.1 Å². The van der Waals surface area contributed by atoms with E-state index >= 15 is 0 Å². The van der Waals surface area contributed by atoms with E-state index in [1.165, 1.54) is 20.8 Å². The van der Waals surface area contributed by atoms with E-state index < -0.39 is 48.1 Å². The Balaban J connectivity index is 5.57. The molecule has 0 rings (SSSR count). The molecule has 0 spiro atoms. The molecule has 0 saturated carbocycles. The zero-order chi connectivity index (χ0) is 20.2. The van der Waals surface area contributed by atoms with Crippen molar-refractivity contribution in [1.29, 1.82) is 0 Å². The molecule has 0 aliphatic rings. The third-order valence-corrected chi connectivity index (χ3v) is 2.81. The van der Waals surface area contributed by atoms with Crippen LogP contribution in [0.5, 0.6) is 0 Å². The molecule has 0 saturated heterocycles. The van der Waals surface area contributed by atoms with Crippen LogP contribution in [0.25, 0.3) is 0 Å². The molecule has 148 valence electrons. The molecule has 0 heterocycles. The second-order valence-corrected chi connectivity index (χ2v) is 7.54. The van der Waals surface area contributed by atoms with Crippen molar-refractivity contribution in [3.05, 3.63) is 0 Å². The number of ether oxygens (including phenoxy) is 2. The smallest absolute Gasteiger partial charge is 0.429 e. The summed E-state index contributed by atoms with van der Waals surface area (Å²) < 4.78 is 49.0. The molecule has 2 amide bonds. The average molecular weight is 372 g/mol. The fourth-order valence-corrected chi connectivity index (χ4v) is 1.66. The Morgan fingerprint density at radius 2 is 1.48 bits per heavy atom. The molecule has 0 unspecified atom stereocenters. The van der Waals surface area contributed by atoms with E-state index in [2.05, 4.69) is 0 Å². The lowest BCUT2D eigenvalue weighted by Crippen LogP contribution is -2.59. The lowest BCUT2D eigenvalue weighted by atomic mass is 10.0. The number of hydrazine groups is 1. The van der Waals surface area contributed by atoms with Crippen molar-refractivity contribution in [3.8, 4) is 0 Å². The Morgan fingerprint density at radius 1 is 1.04 bits per heavy atom. The fraction of sp³-hybridized carbons (Fsp3) is 0.867. The second kappa shape index (κ2) is 8.11. The molecule has 0 aromatic rings. The van der Waals surface area contributed by atoms with Gasteiger partial charge in [0.05, 0.1) is 18.6 Å². The Bertz CT molecular complexity index is 469. The van der Waals surface area contributed by atoms with E-state index in [9.17, 15) is 27.9 Å². The summed E-state index contributed by atoms with van der Waals surface area (Å²) in [5.74, 6) is -2.13. The van der Waals surface area contributed by atoms with Gasteiger partial charge in [0.15, 0.2) is 0 Å². The van der Waals surface area contributed by atoms with Gasteiger partial charge in [0.2, 0.25) is 0 Å². The highest BCUT2D eigenvalue weighted by atomic mass is 19.4. The Morgan fingerprint density at radius 3 is 1.80 bits per heavy atom. The second-order valence-electron chi connectivity index (χ2n) is 7.54. The largest absolute Gasteiger partial charge is 0.443 e. The van der Waals surface area contributed by atoms with Gasteiger partial charge < -0.3 is 14.6 Å². The van der Waals surface area contributed by atoms with Crippen LogP contribution in [0.3, 0.4) is 0 Å². The van der Waals surface area contributed by atoms with Crippen LogP contribution in [0, 0.1) is 5.92 Å². The molecule has 7 nitrogen and oxygen atoms in total. The number of amides is 2. The van der Waals surface area contributed by atoms with Gasteiger partial charge in [0.25, 0.3) is 0 Å². The Labute approximate surface area is 145 Å². The molecule has 0 aromatic carbocycles. The standard InChI is InChI=1S/C15H27F3N2O5/c1-9(15(16,17)18)10(8-21)20(12(23)25-14(5,6)7)19-11(22)24-13(2,3)4/h9-10,21H,8H2,1-7H3,(H,19,22)/t9-,10+/m0/s1. The van der Waals surface area contributed by atoms with Gasteiger partial charge in [-0.05, 0) is 41.5 Å². The summed E-state index contributed by atoms with van der Waals surface area (Å²) in [5.41, 5.74) is -0.0203. The number of nitrogens with one attached hydrogen (secondary N) is 1. The number of aliphatic hydroxyl groups excluding tert-OH is 1. The van der Waals surface area contributed by atoms with Gasteiger partial charge in [-0.2, -0.15) is 13.2 Å². The maximum Gasteiger partial charge on any atom is 0.429 e. The maximum atomic E-state index is 13.0. The van der Waals surface area contributed by atoms with Gasteiger partial charge in [-0.1, -0.05) is 6.92 Å². The van der Waals surface area contributed by atoms with Crippen molar-refractivity contribution < 1.29 is 37.3 Å². The molecule has 0 fully saturated rings. The molecule has 2 N–H and O–H groups in total. The first kappa shape index (κ1) is 23.3. The minimum Gasteiger partial charge on any atom is -0.443 e. The van der Waals surface area contributed by atoms with Crippen LogP contribution in [0.2, 0.25) is 0 Å². The highest BCUT2D eigenvalue weighted by Gasteiger charge is 2.46. The van der Waals surface area contributed by atoms with Crippen molar-refractivity contribution in [2.45, 2.75) is 71.9 Å². The summed E-state index contributed by atoms with van der Waals surface area (Å²) >= 11 is 0. The highest BCUT2D eigenvalue weighted by Crippen LogP contribution is 2.30. The minimum absolute atomic E-state index is 0.317. The molecule has 0 bridgehead atoms. The number of carbonyl (C=O) groups excluding carboxylic acids is 2. The third kappa shape index (κ3) is 8.80. The minimum atomic E-state index is -4.71. The molecule has 0 aliphatic heterocycles. The summed E-state index contributed by atoms with van der Waals surface area (Å²) in [7, 11) is 0. The molecular formula is C15H27F3N2O5. The zero-order valence-corrected chi connectivity index (χ0v) is 15.5. The van der Waals surface area contributed by atoms with Crippen molar-refractivity contribution >= 4 is 12.2 Å². The number of alkyl halides is 3. The number of hydrogen-bond donors (Lipinski definition) is 2. The summed E-state index contributed by atoms with van der Waals surface area (Å²) in [6.45, 7) is 8.92. The summed E-state index contributed by atoms with van der Waals surface area (Å²) in [6, 6.07) is -1.79. The van der Waals surface area contributed by atoms with Crippen molar-refractivity contribution in [2.75, 3.05) is 6.61 Å². The van der Waals surface area contributed by atoms with Gasteiger partial charge in [0.1, 0.15) is 11.2 Å². The lowest BCUT2D eigenvalue weighted by molar-refractivity contribution is -0.191. The molecule has 25 heavy (non-hydrogen) atoms. The van der Waals surface area contributed by atoms with Gasteiger partial charge in [-0.15, -0.1) is 0 Å². The molecule has 0 aromatic heterocycles. The average Bonchev–Trinajstić information content (AvgIpc) is 2.32. The number of carbonyl (C=O) groups is 2. The number of hydrogen-bond acceptors (Lipinski definition) is 5. The van der Waals surface area contributed by atoms with Crippen LogP contribution in [-0.4, -0.2) is 52.3 Å². The Hall–Kier alpha value is -1.71. The van der Waals surface area contributed by atoms with E-state index in [0.717, 1.165) is 6.92 Å². The van der Waals surface area contributed by atoms with E-state index in [1.54, 1.807) is 20.8 Å². The summed E-state index contributed by atoms with van der Waals surface area (Å²) in [5, 5.41) is 9.70. The van der Waals surface area contributed by atoms with Crippen LogP contribution < -0.4 is 5.43 Å². The van der Waals surface area contributed by atoms with Crippen LogP contribution in [-0.2, 0) is 9.47 Å².